The number of halogens is 3. The van der Waals surface area contributed by atoms with Gasteiger partial charge in [0.15, 0.2) is 0 Å². The third-order valence-corrected chi connectivity index (χ3v) is 5.82. The number of hydrogen-bond acceptors (Lipinski definition) is 5. The molecule has 1 amide bonds. The van der Waals surface area contributed by atoms with Crippen LogP contribution in [0.5, 0.6) is 5.75 Å². The zero-order chi connectivity index (χ0) is 24.0. The molecule has 0 aromatic heterocycles. The summed E-state index contributed by atoms with van der Waals surface area (Å²) in [4.78, 5) is 22.9. The minimum atomic E-state index is -0.717. The first-order chi connectivity index (χ1) is 15.8. The maximum Gasteiger partial charge on any atom is 0.289 e. The zero-order valence-electron chi connectivity index (χ0n) is 16.7. The molecule has 3 aromatic carbocycles. The molecule has 0 aliphatic rings. The molecule has 0 aliphatic heterocycles. The van der Waals surface area contributed by atoms with E-state index in [-0.39, 0.29) is 22.0 Å². The number of hydrogen-bond donors (Lipinski definition) is 1. The van der Waals surface area contributed by atoms with Crippen LogP contribution in [0.1, 0.15) is 11.1 Å². The van der Waals surface area contributed by atoms with Crippen molar-refractivity contribution in [2.24, 2.45) is 0 Å². The molecule has 0 radical (unpaired) electrons. The monoisotopic (exact) mass is 589 g/mol. The van der Waals surface area contributed by atoms with Gasteiger partial charge in [0.05, 0.1) is 13.9 Å². The van der Waals surface area contributed by atoms with Crippen molar-refractivity contribution in [3.63, 3.8) is 0 Å². The maximum absolute atomic E-state index is 12.6. The van der Waals surface area contributed by atoms with Crippen molar-refractivity contribution >= 4 is 66.8 Å². The van der Waals surface area contributed by atoms with Crippen LogP contribution in [0.3, 0.4) is 0 Å². The fourth-order valence-electron chi connectivity index (χ4n) is 2.77. The van der Waals surface area contributed by atoms with Crippen LogP contribution in [-0.2, 0) is 11.4 Å². The van der Waals surface area contributed by atoms with Crippen molar-refractivity contribution < 1.29 is 14.5 Å². The largest absolute Gasteiger partial charge is 0.487 e. The number of nitrogens with one attached hydrogen (secondary N) is 1. The molecule has 33 heavy (non-hydrogen) atoms. The van der Waals surface area contributed by atoms with Gasteiger partial charge in [-0.15, -0.1) is 0 Å². The highest BCUT2D eigenvalue weighted by atomic mass is 79.9. The second-order valence-corrected chi connectivity index (χ2v) is 8.75. The molecule has 7 nitrogen and oxygen atoms in total. The third kappa shape index (κ3) is 6.42. The van der Waals surface area contributed by atoms with Gasteiger partial charge in [-0.1, -0.05) is 41.9 Å². The number of benzene rings is 3. The molecule has 0 heterocycles. The van der Waals surface area contributed by atoms with Crippen molar-refractivity contribution in [2.75, 3.05) is 5.32 Å². The topological polar surface area (TPSA) is 105 Å². The Labute approximate surface area is 211 Å². The van der Waals surface area contributed by atoms with E-state index >= 15 is 0 Å². The van der Waals surface area contributed by atoms with Crippen LogP contribution < -0.4 is 10.1 Å². The van der Waals surface area contributed by atoms with E-state index in [1.165, 1.54) is 18.2 Å². The number of nitriles is 1. The van der Waals surface area contributed by atoms with Gasteiger partial charge in [-0.3, -0.25) is 14.9 Å². The predicted molar refractivity (Wildman–Crippen MR) is 133 cm³/mol. The van der Waals surface area contributed by atoms with Gasteiger partial charge < -0.3 is 10.1 Å². The summed E-state index contributed by atoms with van der Waals surface area (Å²) in [6.07, 6.45) is 1.40. The van der Waals surface area contributed by atoms with Crippen molar-refractivity contribution in [2.45, 2.75) is 6.61 Å². The summed E-state index contributed by atoms with van der Waals surface area (Å²) in [6, 6.07) is 18.8. The summed E-state index contributed by atoms with van der Waals surface area (Å²) >= 11 is 12.7. The predicted octanol–water partition coefficient (Wildman–Crippen LogP) is 6.90. The van der Waals surface area contributed by atoms with E-state index in [0.29, 0.717) is 26.9 Å². The van der Waals surface area contributed by atoms with Crippen LogP contribution >= 0.6 is 43.5 Å². The molecule has 10 heteroatoms. The number of rotatable bonds is 7. The average molecular weight is 592 g/mol. The van der Waals surface area contributed by atoms with Crippen LogP contribution in [0.15, 0.2) is 75.2 Å². The van der Waals surface area contributed by atoms with E-state index in [4.69, 9.17) is 16.3 Å². The Bertz CT molecular complexity index is 1270. The highest BCUT2D eigenvalue weighted by Gasteiger charge is 2.16. The number of nitro benzene ring substituents is 1. The Morgan fingerprint density at radius 1 is 1.15 bits per heavy atom. The summed E-state index contributed by atoms with van der Waals surface area (Å²) in [7, 11) is 0. The Morgan fingerprint density at radius 3 is 2.42 bits per heavy atom. The summed E-state index contributed by atoms with van der Waals surface area (Å²) < 4.78 is 7.14. The van der Waals surface area contributed by atoms with Gasteiger partial charge in [0.1, 0.15) is 29.0 Å². The number of ether oxygens (including phenoxy) is 1. The minimum Gasteiger partial charge on any atom is -0.487 e. The van der Waals surface area contributed by atoms with Crippen molar-refractivity contribution in [3.05, 3.63) is 101 Å². The van der Waals surface area contributed by atoms with Crippen LogP contribution in [0.25, 0.3) is 6.08 Å². The molecule has 0 fully saturated rings. The third-order valence-electron chi connectivity index (χ3n) is 4.32. The molecule has 166 valence electrons. The number of nitro groups is 1. The standard InChI is InChI=1S/C23H14Br2ClN3O4/c24-18-9-15(10-19(25)22(18)33-13-14-4-2-1-3-5-14)8-16(12-27)23(30)28-17-6-7-20(26)21(11-17)29(31)32/h1-11H,13H2,(H,28,30)/b16-8+. The molecule has 0 atom stereocenters. The zero-order valence-corrected chi connectivity index (χ0v) is 20.6. The van der Waals surface area contributed by atoms with Gasteiger partial charge in [0, 0.05) is 11.8 Å². The van der Waals surface area contributed by atoms with Crippen molar-refractivity contribution in [3.8, 4) is 11.8 Å². The molecule has 0 bridgehead atoms. The fraction of sp³-hybridized carbons (Fsp3) is 0.0435. The molecule has 0 saturated heterocycles. The van der Waals surface area contributed by atoms with Crippen LogP contribution in [-0.4, -0.2) is 10.8 Å². The number of amides is 1. The first-order valence-electron chi connectivity index (χ1n) is 9.31. The molecule has 0 aliphatic carbocycles. The lowest BCUT2D eigenvalue weighted by Crippen LogP contribution is -2.13. The average Bonchev–Trinajstić information content (AvgIpc) is 2.78. The SMILES string of the molecule is N#C/C(=C\c1cc(Br)c(OCc2ccccc2)c(Br)c1)C(=O)Nc1ccc(Cl)c([N+](=O)[O-])c1. The van der Waals surface area contributed by atoms with Gasteiger partial charge in [-0.05, 0) is 73.3 Å². The molecule has 1 N–H and O–H groups in total. The highest BCUT2D eigenvalue weighted by molar-refractivity contribution is 9.11. The first kappa shape index (κ1) is 24.5. The van der Waals surface area contributed by atoms with Gasteiger partial charge >= 0.3 is 0 Å². The Balaban J connectivity index is 1.79. The van der Waals surface area contributed by atoms with Gasteiger partial charge in [-0.2, -0.15) is 5.26 Å². The molecule has 0 unspecified atom stereocenters. The number of carbonyl (C=O) groups excluding carboxylic acids is 1. The number of nitrogens with zero attached hydrogens (tertiary/aromatic N) is 2. The lowest BCUT2D eigenvalue weighted by Gasteiger charge is -2.12. The van der Waals surface area contributed by atoms with E-state index in [1.54, 1.807) is 12.1 Å². The molecule has 3 rings (SSSR count). The molecule has 0 spiro atoms. The quantitative estimate of drug-likeness (QED) is 0.139. The molecular formula is C23H14Br2ClN3O4. The smallest absolute Gasteiger partial charge is 0.289 e. The van der Waals surface area contributed by atoms with E-state index in [9.17, 15) is 20.2 Å². The summed E-state index contributed by atoms with van der Waals surface area (Å²) in [5.41, 5.74) is 1.17. The lowest BCUT2D eigenvalue weighted by atomic mass is 10.1. The normalized spacial score (nSPS) is 10.9. The van der Waals surface area contributed by atoms with Crippen LogP contribution in [0.2, 0.25) is 5.02 Å². The van der Waals surface area contributed by atoms with E-state index in [0.717, 1.165) is 11.6 Å². The number of anilines is 1. The summed E-state index contributed by atoms with van der Waals surface area (Å²) in [5, 5.41) is 22.9. The van der Waals surface area contributed by atoms with Gasteiger partial charge in [-0.25, -0.2) is 0 Å². The fourth-order valence-corrected chi connectivity index (χ4v) is 4.41. The summed E-state index contributed by atoms with van der Waals surface area (Å²) in [6.45, 7) is 0.367. The first-order valence-corrected chi connectivity index (χ1v) is 11.3. The van der Waals surface area contributed by atoms with E-state index < -0.39 is 10.8 Å². The molecular weight excluding hydrogens is 578 g/mol. The van der Waals surface area contributed by atoms with Gasteiger partial charge in [0.2, 0.25) is 0 Å². The second kappa shape index (κ2) is 11.1. The molecule has 0 saturated carbocycles. The Hall–Kier alpha value is -3.19. The van der Waals surface area contributed by atoms with E-state index in [2.05, 4.69) is 37.2 Å². The van der Waals surface area contributed by atoms with Crippen molar-refractivity contribution in [1.82, 2.24) is 0 Å². The van der Waals surface area contributed by atoms with Crippen LogP contribution in [0, 0.1) is 21.4 Å². The van der Waals surface area contributed by atoms with Gasteiger partial charge in [0.25, 0.3) is 11.6 Å². The summed E-state index contributed by atoms with van der Waals surface area (Å²) in [5.74, 6) is -0.141. The van der Waals surface area contributed by atoms with Crippen LogP contribution in [0.4, 0.5) is 11.4 Å². The Morgan fingerprint density at radius 2 is 1.82 bits per heavy atom. The second-order valence-electron chi connectivity index (χ2n) is 6.64. The highest BCUT2D eigenvalue weighted by Crippen LogP contribution is 2.36. The lowest BCUT2D eigenvalue weighted by molar-refractivity contribution is -0.384. The molecule has 3 aromatic rings. The minimum absolute atomic E-state index is 0.0571. The van der Waals surface area contributed by atoms with E-state index in [1.807, 2.05) is 36.4 Å². The maximum atomic E-state index is 12.6. The van der Waals surface area contributed by atoms with Crippen molar-refractivity contribution in [1.29, 1.82) is 5.26 Å². The Kier molecular flexibility index (Phi) is 8.22. The number of carbonyl (C=O) groups is 1.